The molecule has 0 aromatic rings. The van der Waals surface area contributed by atoms with Crippen LogP contribution in [0.5, 0.6) is 0 Å². The van der Waals surface area contributed by atoms with E-state index in [9.17, 15) is 4.79 Å². The van der Waals surface area contributed by atoms with Gasteiger partial charge in [-0.1, -0.05) is 19.8 Å². The molecule has 0 aromatic carbocycles. The third-order valence-corrected chi connectivity index (χ3v) is 3.39. The number of carbonyl (C=O) groups is 1. The first-order valence-corrected chi connectivity index (χ1v) is 6.63. The summed E-state index contributed by atoms with van der Waals surface area (Å²) in [6.45, 7) is 5.79. The summed E-state index contributed by atoms with van der Waals surface area (Å²) in [7, 11) is 0. The minimum absolute atomic E-state index is 0.0232. The predicted octanol–water partition coefficient (Wildman–Crippen LogP) is 1.71. The van der Waals surface area contributed by atoms with Crippen LogP contribution in [0.1, 0.15) is 46.5 Å². The van der Waals surface area contributed by atoms with E-state index in [-0.39, 0.29) is 17.0 Å². The van der Waals surface area contributed by atoms with E-state index in [2.05, 4.69) is 29.7 Å². The van der Waals surface area contributed by atoms with Gasteiger partial charge in [-0.3, -0.25) is 10.2 Å². The van der Waals surface area contributed by atoms with E-state index in [4.69, 9.17) is 10.5 Å². The van der Waals surface area contributed by atoms with E-state index < -0.39 is 5.60 Å². The zero-order valence-corrected chi connectivity index (χ0v) is 12.0. The smallest absolute Gasteiger partial charge is 0.310 e. The summed E-state index contributed by atoms with van der Waals surface area (Å²) in [4.78, 5) is 11.8. The Morgan fingerprint density at radius 1 is 1.72 bits per heavy atom. The highest BCUT2D eigenvalue weighted by Gasteiger charge is 2.45. The summed E-state index contributed by atoms with van der Waals surface area (Å²) in [5, 5.41) is 4.15. The van der Waals surface area contributed by atoms with Crippen LogP contribution in [0.3, 0.4) is 0 Å². The number of hydrogen-bond acceptors (Lipinski definition) is 4. The van der Waals surface area contributed by atoms with Crippen molar-refractivity contribution in [3.63, 3.8) is 0 Å². The Hall–Kier alpha value is -1.17. The fourth-order valence-corrected chi connectivity index (χ4v) is 2.10. The topological polar surface area (TPSA) is 76.7 Å². The molecule has 0 amide bonds. The zero-order chi connectivity index (χ0) is 13.8. The summed E-state index contributed by atoms with van der Waals surface area (Å²) in [5.41, 5.74) is 7.87. The Bertz CT molecular complexity index is 370. The van der Waals surface area contributed by atoms with Gasteiger partial charge >= 0.3 is 5.97 Å². The van der Waals surface area contributed by atoms with Gasteiger partial charge in [-0.25, -0.2) is 0 Å². The molecule has 1 fully saturated rings. The molecule has 102 valence electrons. The number of esters is 1. The lowest BCUT2D eigenvalue weighted by molar-refractivity contribution is -0.146. The molecular formula is C12H21N3O2S. The lowest BCUT2D eigenvalue weighted by Gasteiger charge is -2.22. The van der Waals surface area contributed by atoms with Gasteiger partial charge in [0.15, 0.2) is 5.11 Å². The maximum Gasteiger partial charge on any atom is 0.310 e. The summed E-state index contributed by atoms with van der Waals surface area (Å²) >= 11 is 4.68. The minimum Gasteiger partial charge on any atom is -0.453 e. The molecule has 5 nitrogen and oxygen atoms in total. The highest BCUT2D eigenvalue weighted by Crippen LogP contribution is 2.34. The number of ether oxygens (including phenoxy) is 1. The third-order valence-electron chi connectivity index (χ3n) is 3.30. The summed E-state index contributed by atoms with van der Waals surface area (Å²) in [5.74, 6) is -0.152. The van der Waals surface area contributed by atoms with Crippen molar-refractivity contribution in [2.24, 2.45) is 16.8 Å². The number of nitrogens with two attached hydrogens (primary N) is 1. The molecule has 1 aliphatic rings. The van der Waals surface area contributed by atoms with Gasteiger partial charge in [0.1, 0.15) is 5.60 Å². The molecule has 1 aliphatic heterocycles. The van der Waals surface area contributed by atoms with Crippen LogP contribution in [0.2, 0.25) is 0 Å². The Kier molecular flexibility index (Phi) is 5.07. The largest absolute Gasteiger partial charge is 0.453 e. The van der Waals surface area contributed by atoms with Crippen LogP contribution in [-0.2, 0) is 9.53 Å². The standard InChI is InChI=1S/C12H21N3O2S/c1-4-5-6-9-7-12(3,17-10(9)16)8(2)14-15-11(13)18/h9H,4-7H2,1-3H3,(H3,13,15,18). The van der Waals surface area contributed by atoms with Gasteiger partial charge < -0.3 is 10.5 Å². The lowest BCUT2D eigenvalue weighted by Crippen LogP contribution is -2.36. The Morgan fingerprint density at radius 3 is 2.94 bits per heavy atom. The van der Waals surface area contributed by atoms with E-state index in [1.807, 2.05) is 6.92 Å². The first-order chi connectivity index (χ1) is 8.39. The molecule has 0 aromatic heterocycles. The van der Waals surface area contributed by atoms with Gasteiger partial charge in [-0.2, -0.15) is 5.10 Å². The molecule has 0 saturated carbocycles. The van der Waals surface area contributed by atoms with E-state index in [0.29, 0.717) is 12.1 Å². The molecule has 2 unspecified atom stereocenters. The molecule has 6 heteroatoms. The maximum atomic E-state index is 11.8. The lowest BCUT2D eigenvalue weighted by atomic mass is 9.89. The van der Waals surface area contributed by atoms with Crippen LogP contribution in [0.15, 0.2) is 5.10 Å². The van der Waals surface area contributed by atoms with Crippen LogP contribution in [0.4, 0.5) is 0 Å². The molecule has 1 saturated heterocycles. The van der Waals surface area contributed by atoms with E-state index >= 15 is 0 Å². The maximum absolute atomic E-state index is 11.8. The molecule has 0 aliphatic carbocycles. The fraction of sp³-hybridized carbons (Fsp3) is 0.750. The number of nitrogens with one attached hydrogen (secondary N) is 1. The first kappa shape index (κ1) is 14.9. The molecule has 2 atom stereocenters. The number of unbranched alkanes of at least 4 members (excludes halogenated alkanes) is 1. The number of hydrazone groups is 1. The van der Waals surface area contributed by atoms with Gasteiger partial charge in [-0.15, -0.1) is 0 Å². The predicted molar refractivity (Wildman–Crippen MR) is 75.2 cm³/mol. The van der Waals surface area contributed by atoms with E-state index in [1.54, 1.807) is 6.92 Å². The van der Waals surface area contributed by atoms with Crippen molar-refractivity contribution in [1.82, 2.24) is 5.43 Å². The van der Waals surface area contributed by atoms with Crippen molar-refractivity contribution in [2.45, 2.75) is 52.1 Å². The fourth-order valence-electron chi connectivity index (χ4n) is 2.05. The number of cyclic esters (lactones) is 1. The summed E-state index contributed by atoms with van der Waals surface area (Å²) in [6.07, 6.45) is 3.66. The van der Waals surface area contributed by atoms with Crippen LogP contribution < -0.4 is 11.2 Å². The summed E-state index contributed by atoms with van der Waals surface area (Å²) in [6, 6.07) is 0. The molecule has 0 radical (unpaired) electrons. The van der Waals surface area contributed by atoms with Gasteiger partial charge in [-0.05, 0) is 32.5 Å². The monoisotopic (exact) mass is 271 g/mol. The molecule has 0 bridgehead atoms. The second-order valence-electron chi connectivity index (χ2n) is 4.87. The Morgan fingerprint density at radius 2 is 2.39 bits per heavy atom. The quantitative estimate of drug-likeness (QED) is 0.344. The highest BCUT2D eigenvalue weighted by molar-refractivity contribution is 7.80. The molecule has 1 rings (SSSR count). The van der Waals surface area contributed by atoms with Crippen molar-refractivity contribution in [3.8, 4) is 0 Å². The number of rotatable bonds is 5. The van der Waals surface area contributed by atoms with Gasteiger partial charge in [0.05, 0.1) is 11.6 Å². The molecule has 3 N–H and O–H groups in total. The molecule has 18 heavy (non-hydrogen) atoms. The molecule has 1 heterocycles. The second-order valence-corrected chi connectivity index (χ2v) is 5.31. The zero-order valence-electron chi connectivity index (χ0n) is 11.2. The van der Waals surface area contributed by atoms with Crippen molar-refractivity contribution < 1.29 is 9.53 Å². The van der Waals surface area contributed by atoms with Gasteiger partial charge in [0.25, 0.3) is 0 Å². The SMILES string of the molecule is CCCCC1CC(C)(C(C)=NNC(N)=S)OC1=O. The number of thiocarbonyl (C=S) groups is 1. The highest BCUT2D eigenvalue weighted by atomic mass is 32.1. The first-order valence-electron chi connectivity index (χ1n) is 6.22. The Balaban J connectivity index is 2.68. The van der Waals surface area contributed by atoms with E-state index in [1.165, 1.54) is 0 Å². The average Bonchev–Trinajstić information content (AvgIpc) is 2.59. The van der Waals surface area contributed by atoms with Gasteiger partial charge in [0, 0.05) is 6.42 Å². The normalized spacial score (nSPS) is 28.1. The minimum atomic E-state index is -0.646. The average molecular weight is 271 g/mol. The molecular weight excluding hydrogens is 250 g/mol. The molecule has 0 spiro atoms. The van der Waals surface area contributed by atoms with Crippen LogP contribution in [-0.4, -0.2) is 22.4 Å². The third kappa shape index (κ3) is 3.66. The number of carbonyl (C=O) groups excluding carboxylic acids is 1. The van der Waals surface area contributed by atoms with Crippen LogP contribution in [0.25, 0.3) is 0 Å². The number of nitrogens with zero attached hydrogens (tertiary/aromatic N) is 1. The Labute approximate surface area is 113 Å². The van der Waals surface area contributed by atoms with Crippen LogP contribution >= 0.6 is 12.2 Å². The van der Waals surface area contributed by atoms with Crippen LogP contribution in [0, 0.1) is 5.92 Å². The van der Waals surface area contributed by atoms with Crippen molar-refractivity contribution in [3.05, 3.63) is 0 Å². The van der Waals surface area contributed by atoms with E-state index in [0.717, 1.165) is 19.3 Å². The number of hydrogen-bond donors (Lipinski definition) is 2. The van der Waals surface area contributed by atoms with Crippen molar-refractivity contribution in [2.75, 3.05) is 0 Å². The van der Waals surface area contributed by atoms with Gasteiger partial charge in [0.2, 0.25) is 0 Å². The second kappa shape index (κ2) is 6.13. The van der Waals surface area contributed by atoms with Crippen molar-refractivity contribution >= 4 is 29.0 Å². The van der Waals surface area contributed by atoms with Crippen molar-refractivity contribution in [1.29, 1.82) is 0 Å². The summed E-state index contributed by atoms with van der Waals surface area (Å²) < 4.78 is 5.46.